The highest BCUT2D eigenvalue weighted by Crippen LogP contribution is 2.19. The van der Waals surface area contributed by atoms with E-state index in [0.29, 0.717) is 13.1 Å². The highest BCUT2D eigenvalue weighted by molar-refractivity contribution is 5.92. The van der Waals surface area contributed by atoms with E-state index in [4.69, 9.17) is 10.2 Å². The van der Waals surface area contributed by atoms with Gasteiger partial charge in [0.05, 0.1) is 6.07 Å². The highest BCUT2D eigenvalue weighted by Gasteiger charge is 2.30. The number of carbonyl (C=O) groups excluding carboxylic acids is 1. The molecule has 1 aromatic rings. The van der Waals surface area contributed by atoms with Crippen LogP contribution in [0.5, 0.6) is 0 Å². The molecule has 0 aliphatic carbocycles. The topological polar surface area (TPSA) is 103 Å². The van der Waals surface area contributed by atoms with Crippen LogP contribution in [0.25, 0.3) is 0 Å². The summed E-state index contributed by atoms with van der Waals surface area (Å²) >= 11 is 0. The molecule has 0 unspecified atom stereocenters. The number of likely N-dealkylation sites (tertiary alicyclic amines) is 1. The van der Waals surface area contributed by atoms with E-state index in [1.807, 2.05) is 0 Å². The zero-order chi connectivity index (χ0) is 11.0. The Labute approximate surface area is 84.6 Å². The summed E-state index contributed by atoms with van der Waals surface area (Å²) in [7, 11) is 0. The lowest BCUT2D eigenvalue weighted by molar-refractivity contribution is -0.402. The third-order valence-electron chi connectivity index (χ3n) is 2.18. The van der Waals surface area contributed by atoms with Crippen molar-refractivity contribution in [2.75, 3.05) is 13.1 Å². The minimum absolute atomic E-state index is 0.00102. The van der Waals surface area contributed by atoms with Gasteiger partial charge in [-0.3, -0.25) is 14.9 Å². The summed E-state index contributed by atoms with van der Waals surface area (Å²) in [6, 6.07) is 2.45. The second-order valence-electron chi connectivity index (χ2n) is 3.37. The van der Waals surface area contributed by atoms with Crippen molar-refractivity contribution in [3.8, 4) is 0 Å². The zero-order valence-corrected chi connectivity index (χ0v) is 7.75. The molecule has 1 amide bonds. The Hall–Kier alpha value is -1.89. The Morgan fingerprint density at radius 2 is 2.27 bits per heavy atom. The molecule has 0 bridgehead atoms. The second-order valence-corrected chi connectivity index (χ2v) is 3.37. The fourth-order valence-electron chi connectivity index (χ4n) is 1.38. The van der Waals surface area contributed by atoms with Crippen molar-refractivity contribution in [1.29, 1.82) is 0 Å². The summed E-state index contributed by atoms with van der Waals surface area (Å²) in [5.41, 5.74) is 5.51. The molecule has 1 aliphatic rings. The molecule has 7 heteroatoms. The summed E-state index contributed by atoms with van der Waals surface area (Å²) in [5, 5.41) is 10.3. The summed E-state index contributed by atoms with van der Waals surface area (Å²) < 4.78 is 4.77. The number of hydrogen-bond acceptors (Lipinski definition) is 5. The lowest BCUT2D eigenvalue weighted by Crippen LogP contribution is -2.57. The van der Waals surface area contributed by atoms with Crippen molar-refractivity contribution in [1.82, 2.24) is 4.90 Å². The highest BCUT2D eigenvalue weighted by atomic mass is 16.6. The van der Waals surface area contributed by atoms with E-state index >= 15 is 0 Å². The van der Waals surface area contributed by atoms with Crippen LogP contribution in [-0.4, -0.2) is 34.9 Å². The van der Waals surface area contributed by atoms with Crippen molar-refractivity contribution in [2.45, 2.75) is 6.04 Å². The maximum absolute atomic E-state index is 11.6. The van der Waals surface area contributed by atoms with Crippen molar-refractivity contribution >= 4 is 11.8 Å². The van der Waals surface area contributed by atoms with E-state index in [1.165, 1.54) is 11.0 Å². The molecular weight excluding hydrogens is 202 g/mol. The fraction of sp³-hybridized carbons (Fsp3) is 0.375. The van der Waals surface area contributed by atoms with Gasteiger partial charge in [0.15, 0.2) is 5.76 Å². The van der Waals surface area contributed by atoms with E-state index in [0.717, 1.165) is 6.07 Å². The van der Waals surface area contributed by atoms with Gasteiger partial charge in [0.25, 0.3) is 5.91 Å². The molecule has 80 valence electrons. The first-order chi connectivity index (χ1) is 7.08. The quantitative estimate of drug-likeness (QED) is 0.546. The van der Waals surface area contributed by atoms with Gasteiger partial charge < -0.3 is 15.1 Å². The number of hydrogen-bond donors (Lipinski definition) is 1. The maximum Gasteiger partial charge on any atom is 0.433 e. The molecule has 0 aromatic carbocycles. The fourth-order valence-corrected chi connectivity index (χ4v) is 1.38. The number of nitrogens with zero attached hydrogens (tertiary/aromatic N) is 2. The molecule has 7 nitrogen and oxygen atoms in total. The van der Waals surface area contributed by atoms with Gasteiger partial charge in [-0.15, -0.1) is 0 Å². The van der Waals surface area contributed by atoms with Crippen LogP contribution in [0.1, 0.15) is 10.6 Å². The Kier molecular flexibility index (Phi) is 2.16. The number of nitrogens with two attached hydrogens (primary N) is 1. The summed E-state index contributed by atoms with van der Waals surface area (Å²) in [4.78, 5) is 22.7. The molecule has 0 spiro atoms. The van der Waals surface area contributed by atoms with Gasteiger partial charge in [0.2, 0.25) is 0 Å². The molecule has 0 radical (unpaired) electrons. The normalized spacial score (nSPS) is 16.2. The third kappa shape index (κ3) is 1.68. The van der Waals surface area contributed by atoms with Crippen molar-refractivity contribution in [3.63, 3.8) is 0 Å². The van der Waals surface area contributed by atoms with Crippen molar-refractivity contribution in [3.05, 3.63) is 28.0 Å². The Balaban J connectivity index is 2.09. The summed E-state index contributed by atoms with van der Waals surface area (Å²) in [5.74, 6) is -0.804. The predicted molar refractivity (Wildman–Crippen MR) is 49.2 cm³/mol. The first-order valence-electron chi connectivity index (χ1n) is 4.37. The molecule has 2 heterocycles. The average Bonchev–Trinajstić information content (AvgIpc) is 2.60. The van der Waals surface area contributed by atoms with Crippen LogP contribution in [0.3, 0.4) is 0 Å². The Morgan fingerprint density at radius 1 is 1.60 bits per heavy atom. The van der Waals surface area contributed by atoms with Crippen LogP contribution in [0.15, 0.2) is 16.5 Å². The maximum atomic E-state index is 11.6. The Morgan fingerprint density at radius 3 is 2.73 bits per heavy atom. The van der Waals surface area contributed by atoms with Crippen molar-refractivity contribution in [2.24, 2.45) is 5.73 Å². The van der Waals surface area contributed by atoms with Crippen molar-refractivity contribution < 1.29 is 14.1 Å². The molecule has 2 N–H and O–H groups in total. The minimum atomic E-state index is -0.682. The molecule has 0 saturated carbocycles. The molecule has 15 heavy (non-hydrogen) atoms. The number of carbonyl (C=O) groups is 1. The zero-order valence-electron chi connectivity index (χ0n) is 7.75. The average molecular weight is 211 g/mol. The Bertz CT molecular complexity index is 408. The van der Waals surface area contributed by atoms with Crippen LogP contribution >= 0.6 is 0 Å². The largest absolute Gasteiger partial charge is 0.433 e. The van der Waals surface area contributed by atoms with Gasteiger partial charge in [-0.1, -0.05) is 0 Å². The van der Waals surface area contributed by atoms with Gasteiger partial charge in [-0.2, -0.15) is 0 Å². The third-order valence-corrected chi connectivity index (χ3v) is 2.18. The van der Waals surface area contributed by atoms with Crippen LogP contribution in [0.2, 0.25) is 0 Å². The minimum Gasteiger partial charge on any atom is -0.395 e. The molecule has 1 fully saturated rings. The molecule has 1 aliphatic heterocycles. The molecule has 0 atom stereocenters. The summed E-state index contributed by atoms with van der Waals surface area (Å²) in [6.45, 7) is 0.931. The first kappa shape index (κ1) is 9.66. The lowest BCUT2D eigenvalue weighted by atomic mass is 10.1. The lowest BCUT2D eigenvalue weighted by Gasteiger charge is -2.35. The van der Waals surface area contributed by atoms with Gasteiger partial charge in [0.1, 0.15) is 4.92 Å². The smallest absolute Gasteiger partial charge is 0.395 e. The van der Waals surface area contributed by atoms with E-state index in [1.54, 1.807) is 0 Å². The molecular formula is C8H9N3O4. The molecule has 1 aromatic heterocycles. The van der Waals surface area contributed by atoms with Crippen LogP contribution < -0.4 is 5.73 Å². The van der Waals surface area contributed by atoms with Crippen LogP contribution in [-0.2, 0) is 0 Å². The molecule has 2 rings (SSSR count). The van der Waals surface area contributed by atoms with E-state index < -0.39 is 10.8 Å². The number of nitro groups is 1. The first-order valence-corrected chi connectivity index (χ1v) is 4.37. The number of amides is 1. The van der Waals surface area contributed by atoms with E-state index in [9.17, 15) is 14.9 Å². The number of furan rings is 1. The van der Waals surface area contributed by atoms with Crippen LogP contribution in [0, 0.1) is 10.1 Å². The summed E-state index contributed by atoms with van der Waals surface area (Å²) in [6.07, 6.45) is 0. The predicted octanol–water partition coefficient (Wildman–Crippen LogP) is -0.0291. The van der Waals surface area contributed by atoms with E-state index in [2.05, 4.69) is 0 Å². The van der Waals surface area contributed by atoms with Crippen LogP contribution in [0.4, 0.5) is 5.88 Å². The molecule has 1 saturated heterocycles. The SMILES string of the molecule is NC1CN(C(=O)c2ccc([N+](=O)[O-])o2)C1. The number of rotatable bonds is 2. The second kappa shape index (κ2) is 3.35. The van der Waals surface area contributed by atoms with Gasteiger partial charge >= 0.3 is 5.88 Å². The standard InChI is InChI=1S/C8H9N3O4/c9-5-3-10(4-5)8(12)6-1-2-7(15-6)11(13)14/h1-2,5H,3-4,9H2. The van der Waals surface area contributed by atoms with E-state index in [-0.39, 0.29) is 17.7 Å². The van der Waals surface area contributed by atoms with Gasteiger partial charge in [0, 0.05) is 19.1 Å². The monoisotopic (exact) mass is 211 g/mol. The van der Waals surface area contributed by atoms with Gasteiger partial charge in [-0.05, 0) is 6.07 Å². The van der Waals surface area contributed by atoms with Gasteiger partial charge in [-0.25, -0.2) is 0 Å².